The number of amides is 2. The van der Waals surface area contributed by atoms with Crippen molar-refractivity contribution in [3.63, 3.8) is 0 Å². The zero-order valence-electron chi connectivity index (χ0n) is 19.7. The van der Waals surface area contributed by atoms with Crippen molar-refractivity contribution in [3.8, 4) is 0 Å². The molecule has 2 amide bonds. The first-order chi connectivity index (χ1) is 15.6. The highest BCUT2D eigenvalue weighted by molar-refractivity contribution is 6.43. The minimum atomic E-state index is -1.73. The smallest absolute Gasteiger partial charge is 0.426 e. The highest BCUT2D eigenvalue weighted by Crippen LogP contribution is 2.25. The lowest BCUT2D eigenvalue weighted by molar-refractivity contribution is -0.525. The lowest BCUT2D eigenvalue weighted by atomic mass is 9.75. The molecule has 0 unspecified atom stereocenters. The standard InChI is InChI=1S/C20H39BN6O6/c1-14(2)12-17(21(30)31)25-19(29)16(10-7-11-23-20(22)26-27(32)33)24-18(28)13-15-8-5-3-4-6-9-15/h14-17,30-31H,3-13H2,1-2H3,(H,24,28)(H,25,29)(H3,22,23,26)/t16-,17-/m0/s1. The summed E-state index contributed by atoms with van der Waals surface area (Å²) in [7, 11) is -1.73. The molecule has 1 rings (SSSR count). The van der Waals surface area contributed by atoms with E-state index in [4.69, 9.17) is 5.73 Å². The molecule has 33 heavy (non-hydrogen) atoms. The number of rotatable bonds is 13. The first-order valence-electron chi connectivity index (χ1n) is 11.7. The normalized spacial score (nSPS) is 17.1. The van der Waals surface area contributed by atoms with Gasteiger partial charge in [0.15, 0.2) is 5.03 Å². The van der Waals surface area contributed by atoms with Crippen LogP contribution in [0.2, 0.25) is 0 Å². The van der Waals surface area contributed by atoms with E-state index in [1.54, 1.807) is 5.43 Å². The summed E-state index contributed by atoms with van der Waals surface area (Å²) in [5.41, 5.74) is 7.13. The number of aliphatic imine (C=N–C) groups is 1. The molecule has 1 aliphatic carbocycles. The Morgan fingerprint density at radius 2 is 1.82 bits per heavy atom. The van der Waals surface area contributed by atoms with Gasteiger partial charge in [0.1, 0.15) is 6.04 Å². The Labute approximate surface area is 195 Å². The van der Waals surface area contributed by atoms with Crippen LogP contribution in [0.25, 0.3) is 0 Å². The van der Waals surface area contributed by atoms with Crippen LogP contribution in [0.3, 0.4) is 0 Å². The van der Waals surface area contributed by atoms with Crippen molar-refractivity contribution in [3.05, 3.63) is 10.1 Å². The first kappa shape index (κ1) is 28.6. The van der Waals surface area contributed by atoms with Gasteiger partial charge in [0, 0.05) is 13.0 Å². The average molecular weight is 470 g/mol. The van der Waals surface area contributed by atoms with Gasteiger partial charge < -0.3 is 26.4 Å². The minimum Gasteiger partial charge on any atom is -0.426 e. The summed E-state index contributed by atoms with van der Waals surface area (Å²) in [5, 5.41) is 34.2. The molecule has 7 N–H and O–H groups in total. The van der Waals surface area contributed by atoms with Crippen molar-refractivity contribution in [2.24, 2.45) is 22.6 Å². The van der Waals surface area contributed by atoms with Gasteiger partial charge in [-0.1, -0.05) is 45.0 Å². The molecule has 13 heteroatoms. The van der Waals surface area contributed by atoms with Crippen LogP contribution in [0, 0.1) is 22.0 Å². The highest BCUT2D eigenvalue weighted by atomic mass is 16.7. The maximum absolute atomic E-state index is 12.9. The van der Waals surface area contributed by atoms with Crippen LogP contribution in [-0.4, -0.2) is 58.5 Å². The number of carbonyl (C=O) groups excluding carboxylic acids is 2. The lowest BCUT2D eigenvalue weighted by Crippen LogP contribution is -2.54. The predicted octanol–water partition coefficient (Wildman–Crippen LogP) is 0.251. The van der Waals surface area contributed by atoms with Gasteiger partial charge in [-0.3, -0.25) is 9.59 Å². The first-order valence-corrected chi connectivity index (χ1v) is 11.7. The Hall–Kier alpha value is -2.41. The monoisotopic (exact) mass is 470 g/mol. The lowest BCUT2D eigenvalue weighted by Gasteiger charge is -2.24. The van der Waals surface area contributed by atoms with E-state index in [0.717, 1.165) is 25.7 Å². The Balaban J connectivity index is 2.75. The van der Waals surface area contributed by atoms with E-state index in [2.05, 4.69) is 15.6 Å². The molecule has 1 saturated carbocycles. The molecule has 1 fully saturated rings. The van der Waals surface area contributed by atoms with E-state index >= 15 is 0 Å². The number of nitro groups is 1. The average Bonchev–Trinajstić information content (AvgIpc) is 2.97. The number of hydrogen-bond acceptors (Lipinski definition) is 7. The third-order valence-corrected chi connectivity index (χ3v) is 5.65. The van der Waals surface area contributed by atoms with E-state index in [9.17, 15) is 29.8 Å². The summed E-state index contributed by atoms with van der Waals surface area (Å²) in [5.74, 6) is -1.53. The maximum Gasteiger partial charge on any atom is 0.475 e. The summed E-state index contributed by atoms with van der Waals surface area (Å²) >= 11 is 0. The molecular formula is C20H39BN6O6. The number of guanidine groups is 1. The molecule has 0 aromatic rings. The summed E-state index contributed by atoms with van der Waals surface area (Å²) in [6, 6.07) is -0.892. The molecule has 0 spiro atoms. The Morgan fingerprint density at radius 1 is 1.18 bits per heavy atom. The van der Waals surface area contributed by atoms with Crippen LogP contribution in [-0.2, 0) is 9.59 Å². The second kappa shape index (κ2) is 15.4. The summed E-state index contributed by atoms with van der Waals surface area (Å²) in [4.78, 5) is 39.8. The van der Waals surface area contributed by atoms with E-state index in [-0.39, 0.29) is 30.8 Å². The number of nitrogens with one attached hydrogen (secondary N) is 3. The second-order valence-electron chi connectivity index (χ2n) is 9.12. The van der Waals surface area contributed by atoms with E-state index < -0.39 is 30.0 Å². The second-order valence-corrected chi connectivity index (χ2v) is 9.12. The minimum absolute atomic E-state index is 0.117. The molecule has 2 atom stereocenters. The van der Waals surface area contributed by atoms with Gasteiger partial charge in [-0.15, -0.1) is 0 Å². The fraction of sp³-hybridized carbons (Fsp3) is 0.850. The van der Waals surface area contributed by atoms with Crippen LogP contribution in [0.4, 0.5) is 0 Å². The number of hydrazine groups is 1. The Morgan fingerprint density at radius 3 is 2.36 bits per heavy atom. The van der Waals surface area contributed by atoms with Crippen molar-refractivity contribution in [1.82, 2.24) is 16.1 Å². The maximum atomic E-state index is 12.9. The zero-order valence-corrected chi connectivity index (χ0v) is 19.7. The van der Waals surface area contributed by atoms with Crippen molar-refractivity contribution in [2.45, 2.75) is 90.0 Å². The third kappa shape index (κ3) is 13.0. The van der Waals surface area contributed by atoms with Crippen molar-refractivity contribution >= 4 is 24.9 Å². The van der Waals surface area contributed by atoms with E-state index in [1.807, 2.05) is 13.8 Å². The number of hydrogen-bond donors (Lipinski definition) is 6. The van der Waals surface area contributed by atoms with E-state index in [1.165, 1.54) is 12.8 Å². The zero-order chi connectivity index (χ0) is 24.8. The fourth-order valence-electron chi connectivity index (χ4n) is 4.02. The molecule has 0 radical (unpaired) electrons. The molecule has 0 aliphatic heterocycles. The molecule has 0 aromatic heterocycles. The Bertz CT molecular complexity index is 655. The summed E-state index contributed by atoms with van der Waals surface area (Å²) in [6.45, 7) is 3.91. The van der Waals surface area contributed by atoms with Gasteiger partial charge >= 0.3 is 7.12 Å². The van der Waals surface area contributed by atoms with Gasteiger partial charge in [0.2, 0.25) is 11.8 Å². The molecular weight excluding hydrogens is 431 g/mol. The van der Waals surface area contributed by atoms with Gasteiger partial charge in [-0.2, -0.15) is 0 Å². The van der Waals surface area contributed by atoms with Crippen LogP contribution in [0.1, 0.15) is 78.1 Å². The number of nitrogens with zero attached hydrogens (tertiary/aromatic N) is 2. The summed E-state index contributed by atoms with van der Waals surface area (Å²) < 4.78 is 0. The molecule has 12 nitrogen and oxygen atoms in total. The SMILES string of the molecule is CC(C)C[C@H](NC(=O)[C@H](CCCN=C(N)N[N+](=O)[O-])NC(=O)CC1CCCCCC1)B(O)O. The summed E-state index contributed by atoms with van der Waals surface area (Å²) in [6.07, 6.45) is 7.81. The number of carbonyl (C=O) groups is 2. The molecule has 188 valence electrons. The van der Waals surface area contributed by atoms with Crippen LogP contribution in [0.15, 0.2) is 4.99 Å². The van der Waals surface area contributed by atoms with Crippen LogP contribution >= 0.6 is 0 Å². The molecule has 0 bridgehead atoms. The van der Waals surface area contributed by atoms with Gasteiger partial charge in [-0.25, -0.2) is 15.1 Å². The van der Waals surface area contributed by atoms with Crippen molar-refractivity contribution < 1.29 is 24.7 Å². The van der Waals surface area contributed by atoms with E-state index in [0.29, 0.717) is 25.2 Å². The predicted molar refractivity (Wildman–Crippen MR) is 125 cm³/mol. The Kier molecular flexibility index (Phi) is 13.4. The van der Waals surface area contributed by atoms with Gasteiger partial charge in [-0.05, 0) is 43.9 Å². The quantitative estimate of drug-likeness (QED) is 0.0419. The van der Waals surface area contributed by atoms with Crippen molar-refractivity contribution in [2.75, 3.05) is 6.54 Å². The molecule has 0 saturated heterocycles. The molecule has 0 aromatic carbocycles. The van der Waals surface area contributed by atoms with Crippen LogP contribution in [0.5, 0.6) is 0 Å². The number of nitrogens with two attached hydrogens (primary N) is 1. The van der Waals surface area contributed by atoms with Crippen LogP contribution < -0.4 is 21.8 Å². The van der Waals surface area contributed by atoms with Gasteiger partial charge in [0.05, 0.1) is 5.94 Å². The topological polar surface area (TPSA) is 192 Å². The molecule has 0 heterocycles. The largest absolute Gasteiger partial charge is 0.475 e. The molecule has 1 aliphatic rings. The highest BCUT2D eigenvalue weighted by Gasteiger charge is 2.30. The fourth-order valence-corrected chi connectivity index (χ4v) is 4.02. The van der Waals surface area contributed by atoms with Gasteiger partial charge in [0.25, 0.3) is 5.96 Å². The van der Waals surface area contributed by atoms with Crippen molar-refractivity contribution in [1.29, 1.82) is 0 Å². The third-order valence-electron chi connectivity index (χ3n) is 5.65.